The lowest BCUT2D eigenvalue weighted by molar-refractivity contribution is -0.274. The van der Waals surface area contributed by atoms with Gasteiger partial charge in [-0.2, -0.15) is 8.42 Å². The molecular weight excluding hydrogens is 677 g/mol. The number of hydrogen-bond donors (Lipinski definition) is 1. The van der Waals surface area contributed by atoms with E-state index in [-0.39, 0.29) is 22.0 Å². The van der Waals surface area contributed by atoms with Gasteiger partial charge in [-0.3, -0.25) is 8.98 Å². The fraction of sp³-hybridized carbons (Fsp3) is 0.323. The minimum Gasteiger partial charge on any atom is -0.487 e. The fourth-order valence-corrected chi connectivity index (χ4v) is 6.64. The second-order valence-corrected chi connectivity index (χ2v) is 15.0. The average Bonchev–Trinajstić information content (AvgIpc) is 3.38. The summed E-state index contributed by atoms with van der Waals surface area (Å²) in [7, 11) is -2.82. The predicted molar refractivity (Wildman–Crippen MR) is 167 cm³/mol. The molecule has 0 atom stereocenters. The molecule has 15 heteroatoms. The van der Waals surface area contributed by atoms with Crippen molar-refractivity contribution in [2.75, 3.05) is 19.0 Å². The van der Waals surface area contributed by atoms with Gasteiger partial charge in [0.25, 0.3) is 22.5 Å². The lowest BCUT2D eigenvalue weighted by Gasteiger charge is -2.28. The Labute approximate surface area is 271 Å². The molecule has 248 valence electrons. The highest BCUT2D eigenvalue weighted by Crippen LogP contribution is 2.40. The van der Waals surface area contributed by atoms with Crippen molar-refractivity contribution in [3.05, 3.63) is 87.3 Å². The van der Waals surface area contributed by atoms with E-state index in [2.05, 4.69) is 10.1 Å². The van der Waals surface area contributed by atoms with Crippen LogP contribution in [0.3, 0.4) is 0 Å². The van der Waals surface area contributed by atoms with Gasteiger partial charge in [-0.1, -0.05) is 31.5 Å². The average molecular weight is 706 g/mol. The van der Waals surface area contributed by atoms with Gasteiger partial charge in [0.2, 0.25) is 0 Å². The molecule has 7 nitrogen and oxygen atoms in total. The van der Waals surface area contributed by atoms with Gasteiger partial charge in [-0.25, -0.2) is 8.78 Å². The van der Waals surface area contributed by atoms with Gasteiger partial charge in [-0.15, -0.1) is 24.5 Å². The number of alkyl halides is 5. The predicted octanol–water partition coefficient (Wildman–Crippen LogP) is 8.89. The van der Waals surface area contributed by atoms with Crippen LogP contribution in [0.5, 0.6) is 11.5 Å². The summed E-state index contributed by atoms with van der Waals surface area (Å²) in [6, 6.07) is 14.6. The van der Waals surface area contributed by atoms with Crippen molar-refractivity contribution in [2.24, 2.45) is 0 Å². The van der Waals surface area contributed by atoms with Crippen molar-refractivity contribution in [1.82, 2.24) is 0 Å². The maximum absolute atomic E-state index is 13.3. The van der Waals surface area contributed by atoms with Crippen LogP contribution in [0.25, 0.3) is 10.1 Å². The van der Waals surface area contributed by atoms with Crippen molar-refractivity contribution in [2.45, 2.75) is 50.6 Å². The van der Waals surface area contributed by atoms with Crippen molar-refractivity contribution in [3.63, 3.8) is 0 Å². The first-order valence-corrected chi connectivity index (χ1v) is 16.1. The van der Waals surface area contributed by atoms with E-state index in [0.717, 1.165) is 23.9 Å². The number of benzene rings is 3. The Morgan fingerprint density at radius 2 is 1.57 bits per heavy atom. The summed E-state index contributed by atoms with van der Waals surface area (Å²) in [5, 5.41) is 3.63. The summed E-state index contributed by atoms with van der Waals surface area (Å²) in [5.41, 5.74) is 0.379. The molecule has 4 aromatic rings. The molecule has 0 bridgehead atoms. The first-order chi connectivity index (χ1) is 21.2. The zero-order chi connectivity index (χ0) is 34.2. The van der Waals surface area contributed by atoms with Crippen molar-refractivity contribution >= 4 is 54.7 Å². The quantitative estimate of drug-likeness (QED) is 0.124. The van der Waals surface area contributed by atoms with Gasteiger partial charge in [0.15, 0.2) is 0 Å². The Morgan fingerprint density at radius 1 is 0.913 bits per heavy atom. The third-order valence-corrected chi connectivity index (χ3v) is 10.6. The number of ether oxygens (including phenoxy) is 2. The molecule has 0 aliphatic rings. The lowest BCUT2D eigenvalue weighted by Crippen LogP contribution is -2.30. The second-order valence-electron chi connectivity index (χ2n) is 11.2. The highest BCUT2D eigenvalue weighted by Gasteiger charge is 2.37. The van der Waals surface area contributed by atoms with Gasteiger partial charge in [-0.05, 0) is 84.5 Å². The van der Waals surface area contributed by atoms with E-state index < -0.39 is 51.3 Å². The van der Waals surface area contributed by atoms with Gasteiger partial charge < -0.3 is 14.8 Å². The number of carbonyl (C=O) groups excluding carboxylic acids is 1. The van der Waals surface area contributed by atoms with Crippen LogP contribution < -0.4 is 14.8 Å². The van der Waals surface area contributed by atoms with E-state index in [4.69, 9.17) is 20.5 Å². The molecule has 0 saturated heterocycles. The van der Waals surface area contributed by atoms with Crippen LogP contribution in [0.1, 0.15) is 54.1 Å². The maximum atomic E-state index is 13.3. The number of rotatable bonds is 11. The van der Waals surface area contributed by atoms with Crippen LogP contribution in [-0.2, 0) is 24.5 Å². The minimum absolute atomic E-state index is 0.209. The lowest BCUT2D eigenvalue weighted by atomic mass is 9.78. The summed E-state index contributed by atoms with van der Waals surface area (Å²) in [5.74, 6) is -1.40. The third kappa shape index (κ3) is 7.91. The number of nitrogens with one attached hydrogen (secondary N) is 1. The fourth-order valence-electron chi connectivity index (χ4n) is 4.63. The Bertz CT molecular complexity index is 1870. The highest BCUT2D eigenvalue weighted by molar-refractivity contribution is 7.87. The zero-order valence-corrected chi connectivity index (χ0v) is 27.5. The van der Waals surface area contributed by atoms with E-state index >= 15 is 0 Å². The highest BCUT2D eigenvalue weighted by atomic mass is 35.5. The number of hydrogen-bond acceptors (Lipinski definition) is 7. The van der Waals surface area contributed by atoms with Crippen LogP contribution in [0, 0.1) is 0 Å². The molecule has 1 amide bonds. The Balaban J connectivity index is 1.65. The number of anilines is 1. The molecule has 0 aliphatic carbocycles. The molecule has 3 aromatic carbocycles. The molecular formula is C31H29ClF5NO6S2. The third-order valence-electron chi connectivity index (χ3n) is 7.37. The molecule has 0 radical (unpaired) electrons. The summed E-state index contributed by atoms with van der Waals surface area (Å²) in [4.78, 5) is 13.6. The monoisotopic (exact) mass is 705 g/mol. The summed E-state index contributed by atoms with van der Waals surface area (Å²) >= 11 is 7.57. The molecule has 0 fully saturated rings. The first kappa shape index (κ1) is 35.4. The first-order valence-electron chi connectivity index (χ1n) is 13.5. The Hall–Kier alpha value is -3.46. The SMILES string of the molecule is COS(=O)(=O)C(C)(C)c1ccc2sc(C(=O)Nc3cc(Cl)cc(C(C)(C)c4cc(OCC(F)F)cc(OC(F)(F)F)c4)c3)cc2c1. The van der Waals surface area contributed by atoms with Crippen molar-refractivity contribution in [1.29, 1.82) is 0 Å². The smallest absolute Gasteiger partial charge is 0.487 e. The number of amides is 1. The van der Waals surface area contributed by atoms with E-state index in [0.29, 0.717) is 21.4 Å². The Morgan fingerprint density at radius 3 is 2.20 bits per heavy atom. The molecule has 1 N–H and O–H groups in total. The van der Waals surface area contributed by atoms with Crippen LogP contribution >= 0.6 is 22.9 Å². The number of thiophene rings is 1. The molecule has 1 heterocycles. The standard InChI is InChI=1S/C31H29ClF5NO6S2/c1-29(2,20-12-23(43-16-27(33)34)15-24(13-20)44-31(35,36)37)19-10-21(32)14-22(11-19)38-28(39)26-9-17-8-18(6-7-25(17)45-26)30(3,4)46(40,41)42-5/h6-15,27H,16H2,1-5H3,(H,38,39). The topological polar surface area (TPSA) is 90.9 Å². The molecule has 0 spiro atoms. The van der Waals surface area contributed by atoms with Crippen LogP contribution in [0.2, 0.25) is 5.02 Å². The van der Waals surface area contributed by atoms with E-state index in [1.54, 1.807) is 50.2 Å². The van der Waals surface area contributed by atoms with Crippen LogP contribution in [-0.4, -0.2) is 40.8 Å². The Kier molecular flexibility index (Phi) is 9.98. The molecule has 0 saturated carbocycles. The van der Waals surface area contributed by atoms with Crippen LogP contribution in [0.4, 0.5) is 27.6 Å². The summed E-state index contributed by atoms with van der Waals surface area (Å²) < 4.78 is 103. The second kappa shape index (κ2) is 13.0. The van der Waals surface area contributed by atoms with Gasteiger partial charge in [0.1, 0.15) is 22.9 Å². The molecule has 1 aromatic heterocycles. The van der Waals surface area contributed by atoms with E-state index in [9.17, 15) is 35.2 Å². The van der Waals surface area contributed by atoms with Gasteiger partial charge in [0, 0.05) is 26.9 Å². The molecule has 0 aliphatic heterocycles. The number of fused-ring (bicyclic) bond motifs is 1. The normalized spacial score (nSPS) is 12.9. The number of carbonyl (C=O) groups is 1. The maximum Gasteiger partial charge on any atom is 0.573 e. The molecule has 4 rings (SSSR count). The summed E-state index contributed by atoms with van der Waals surface area (Å²) in [6.45, 7) is 5.33. The van der Waals surface area contributed by atoms with E-state index in [1.807, 2.05) is 0 Å². The minimum atomic E-state index is -5.04. The van der Waals surface area contributed by atoms with Crippen molar-refractivity contribution in [3.8, 4) is 11.5 Å². The largest absolute Gasteiger partial charge is 0.573 e. The van der Waals surface area contributed by atoms with Crippen LogP contribution in [0.15, 0.2) is 60.7 Å². The number of halogens is 6. The summed E-state index contributed by atoms with van der Waals surface area (Å²) in [6.07, 6.45) is -7.90. The molecule has 46 heavy (non-hydrogen) atoms. The van der Waals surface area contributed by atoms with Gasteiger partial charge >= 0.3 is 6.36 Å². The zero-order valence-electron chi connectivity index (χ0n) is 25.1. The van der Waals surface area contributed by atoms with Crippen molar-refractivity contribution < 1.29 is 48.8 Å². The van der Waals surface area contributed by atoms with E-state index in [1.165, 1.54) is 37.3 Å². The molecule has 0 unspecified atom stereocenters. The van der Waals surface area contributed by atoms with Gasteiger partial charge in [0.05, 0.1) is 12.0 Å².